The average molecular weight is 227 g/mol. The Labute approximate surface area is 103 Å². The van der Waals surface area contributed by atoms with E-state index in [1.165, 1.54) is 64.3 Å². The van der Waals surface area contributed by atoms with Crippen LogP contribution < -0.4 is 5.32 Å². The third kappa shape index (κ3) is 8.15. The minimum atomic E-state index is 0.403. The van der Waals surface area contributed by atoms with Crippen LogP contribution in [0.4, 0.5) is 0 Å². The largest absolute Gasteiger partial charge is 0.312 e. The molecule has 0 bridgehead atoms. The molecule has 1 N–H and O–H groups in total. The van der Waals surface area contributed by atoms with Crippen LogP contribution in [0.1, 0.15) is 85.5 Å². The van der Waals surface area contributed by atoms with Crippen LogP contribution in [-0.4, -0.2) is 12.1 Å². The fourth-order valence-electron chi connectivity index (χ4n) is 2.20. The first kappa shape index (κ1) is 16.0. The van der Waals surface area contributed by atoms with Crippen molar-refractivity contribution in [1.29, 1.82) is 0 Å². The fraction of sp³-hybridized carbons (Fsp3) is 1.00. The lowest BCUT2D eigenvalue weighted by atomic mass is 9.88. The lowest BCUT2D eigenvalue weighted by molar-refractivity contribution is 0.289. The van der Waals surface area contributed by atoms with Gasteiger partial charge in [-0.3, -0.25) is 0 Å². The Hall–Kier alpha value is -0.0400. The topological polar surface area (TPSA) is 12.0 Å². The van der Waals surface area contributed by atoms with Crippen LogP contribution in [0.5, 0.6) is 0 Å². The summed E-state index contributed by atoms with van der Waals surface area (Å²) < 4.78 is 0. The van der Waals surface area contributed by atoms with Gasteiger partial charge in [-0.1, -0.05) is 59.3 Å². The van der Waals surface area contributed by atoms with E-state index in [0.29, 0.717) is 5.54 Å². The van der Waals surface area contributed by atoms with Crippen molar-refractivity contribution in [3.8, 4) is 0 Å². The van der Waals surface area contributed by atoms with E-state index in [2.05, 4.69) is 33.0 Å². The first-order valence-corrected chi connectivity index (χ1v) is 7.43. The molecular weight excluding hydrogens is 194 g/mol. The van der Waals surface area contributed by atoms with Gasteiger partial charge in [-0.05, 0) is 32.7 Å². The molecule has 0 radical (unpaired) electrons. The van der Waals surface area contributed by atoms with Crippen LogP contribution in [0.2, 0.25) is 0 Å². The van der Waals surface area contributed by atoms with Gasteiger partial charge in [0.25, 0.3) is 0 Å². The van der Waals surface area contributed by atoms with Crippen molar-refractivity contribution in [2.75, 3.05) is 6.54 Å². The Kier molecular flexibility index (Phi) is 10.1. The highest BCUT2D eigenvalue weighted by Gasteiger charge is 2.21. The Morgan fingerprint density at radius 2 is 1.31 bits per heavy atom. The van der Waals surface area contributed by atoms with Gasteiger partial charge < -0.3 is 5.32 Å². The van der Waals surface area contributed by atoms with Crippen molar-refractivity contribution in [2.45, 2.75) is 91.0 Å². The number of unbranched alkanes of at least 4 members (excludes halogenated alkanes) is 4. The van der Waals surface area contributed by atoms with Gasteiger partial charge in [-0.25, -0.2) is 0 Å². The van der Waals surface area contributed by atoms with Gasteiger partial charge in [0.1, 0.15) is 0 Å². The van der Waals surface area contributed by atoms with Crippen LogP contribution in [-0.2, 0) is 0 Å². The van der Waals surface area contributed by atoms with Crippen LogP contribution in [0.15, 0.2) is 0 Å². The van der Waals surface area contributed by atoms with E-state index in [4.69, 9.17) is 0 Å². The third-order valence-electron chi connectivity index (χ3n) is 3.50. The number of hydrogen-bond acceptors (Lipinski definition) is 1. The van der Waals surface area contributed by atoms with Crippen LogP contribution in [0, 0.1) is 0 Å². The summed E-state index contributed by atoms with van der Waals surface area (Å²) in [7, 11) is 0. The minimum absolute atomic E-state index is 0.403. The van der Waals surface area contributed by atoms with E-state index in [0.717, 1.165) is 0 Å². The van der Waals surface area contributed by atoms with Gasteiger partial charge in [0.05, 0.1) is 0 Å². The fourth-order valence-corrected chi connectivity index (χ4v) is 2.20. The summed E-state index contributed by atoms with van der Waals surface area (Å²) in [6.45, 7) is 10.5. The molecule has 0 rings (SSSR count). The van der Waals surface area contributed by atoms with Crippen LogP contribution in [0.3, 0.4) is 0 Å². The van der Waals surface area contributed by atoms with Crippen LogP contribution in [0.25, 0.3) is 0 Å². The second kappa shape index (κ2) is 10.1. The molecule has 0 heterocycles. The van der Waals surface area contributed by atoms with E-state index in [9.17, 15) is 0 Å². The standard InChI is InChI=1S/C15H33N/c1-5-8-11-13-15(4,12-9-6-2)16-14-10-7-3/h16H,5-14H2,1-4H3/t15-/m0/s1. The first-order valence-electron chi connectivity index (χ1n) is 7.43. The number of rotatable bonds is 11. The van der Waals surface area contributed by atoms with Gasteiger partial charge in [0.15, 0.2) is 0 Å². The summed E-state index contributed by atoms with van der Waals surface area (Å²) in [6, 6.07) is 0. The van der Waals surface area contributed by atoms with Gasteiger partial charge in [-0.15, -0.1) is 0 Å². The molecule has 0 aromatic rings. The summed E-state index contributed by atoms with van der Waals surface area (Å²) in [6.07, 6.45) is 12.1. The zero-order chi connectivity index (χ0) is 12.3. The second-order valence-corrected chi connectivity index (χ2v) is 5.40. The van der Waals surface area contributed by atoms with Crippen molar-refractivity contribution in [1.82, 2.24) is 5.32 Å². The third-order valence-corrected chi connectivity index (χ3v) is 3.50. The number of nitrogens with one attached hydrogen (secondary N) is 1. The monoisotopic (exact) mass is 227 g/mol. The van der Waals surface area contributed by atoms with Crippen molar-refractivity contribution in [3.05, 3.63) is 0 Å². The second-order valence-electron chi connectivity index (χ2n) is 5.40. The number of hydrogen-bond donors (Lipinski definition) is 1. The molecule has 0 aromatic heterocycles. The molecule has 0 spiro atoms. The lowest BCUT2D eigenvalue weighted by Crippen LogP contribution is -2.42. The summed E-state index contributed by atoms with van der Waals surface area (Å²) in [4.78, 5) is 0. The summed E-state index contributed by atoms with van der Waals surface area (Å²) >= 11 is 0. The van der Waals surface area contributed by atoms with Crippen LogP contribution >= 0.6 is 0 Å². The minimum Gasteiger partial charge on any atom is -0.312 e. The zero-order valence-electron chi connectivity index (χ0n) is 12.1. The molecule has 1 atom stereocenters. The van der Waals surface area contributed by atoms with Crippen molar-refractivity contribution < 1.29 is 0 Å². The zero-order valence-corrected chi connectivity index (χ0v) is 12.1. The van der Waals surface area contributed by atoms with E-state index in [1.54, 1.807) is 0 Å². The van der Waals surface area contributed by atoms with Gasteiger partial charge in [-0.2, -0.15) is 0 Å². The highest BCUT2D eigenvalue weighted by molar-refractivity contribution is 4.82. The Morgan fingerprint density at radius 1 is 0.750 bits per heavy atom. The molecule has 1 nitrogen and oxygen atoms in total. The normalized spacial score (nSPS) is 15.0. The summed E-state index contributed by atoms with van der Waals surface area (Å²) in [5.74, 6) is 0. The van der Waals surface area contributed by atoms with Crippen molar-refractivity contribution in [2.24, 2.45) is 0 Å². The Morgan fingerprint density at radius 3 is 1.88 bits per heavy atom. The lowest BCUT2D eigenvalue weighted by Gasteiger charge is -2.31. The molecule has 0 aliphatic heterocycles. The van der Waals surface area contributed by atoms with Gasteiger partial charge in [0.2, 0.25) is 0 Å². The maximum absolute atomic E-state index is 3.79. The van der Waals surface area contributed by atoms with E-state index in [-0.39, 0.29) is 0 Å². The predicted molar refractivity (Wildman–Crippen MR) is 75.0 cm³/mol. The smallest absolute Gasteiger partial charge is 0.0153 e. The molecule has 0 aliphatic rings. The van der Waals surface area contributed by atoms with Crippen molar-refractivity contribution >= 4 is 0 Å². The van der Waals surface area contributed by atoms with E-state index < -0.39 is 0 Å². The maximum Gasteiger partial charge on any atom is 0.0153 e. The van der Waals surface area contributed by atoms with Gasteiger partial charge >= 0.3 is 0 Å². The van der Waals surface area contributed by atoms with Gasteiger partial charge in [0, 0.05) is 5.54 Å². The quantitative estimate of drug-likeness (QED) is 0.495. The molecule has 0 aromatic carbocycles. The maximum atomic E-state index is 3.79. The molecule has 0 fully saturated rings. The molecule has 0 aliphatic carbocycles. The van der Waals surface area contributed by atoms with E-state index >= 15 is 0 Å². The van der Waals surface area contributed by atoms with Crippen molar-refractivity contribution in [3.63, 3.8) is 0 Å². The average Bonchev–Trinajstić information content (AvgIpc) is 2.27. The molecule has 0 saturated carbocycles. The highest BCUT2D eigenvalue weighted by Crippen LogP contribution is 2.21. The molecule has 16 heavy (non-hydrogen) atoms. The predicted octanol–water partition coefficient (Wildman–Crippen LogP) is 4.91. The Bertz CT molecular complexity index is 132. The molecule has 0 unspecified atom stereocenters. The summed E-state index contributed by atoms with van der Waals surface area (Å²) in [5.41, 5.74) is 0.403. The molecule has 98 valence electrons. The SMILES string of the molecule is CCCCC[C@](C)(CCCC)NCCCC. The molecular formula is C15H33N. The highest BCUT2D eigenvalue weighted by atomic mass is 15.0. The molecule has 0 saturated heterocycles. The molecule has 0 amide bonds. The molecule has 1 heteroatoms. The van der Waals surface area contributed by atoms with E-state index in [1.807, 2.05) is 0 Å². The Balaban J connectivity index is 3.91. The summed E-state index contributed by atoms with van der Waals surface area (Å²) in [5, 5.41) is 3.79. The first-order chi connectivity index (χ1) is 7.68.